The summed E-state index contributed by atoms with van der Waals surface area (Å²) in [7, 11) is 0. The van der Waals surface area contributed by atoms with E-state index in [1.54, 1.807) is 18.5 Å². The van der Waals surface area contributed by atoms with Gasteiger partial charge < -0.3 is 10.4 Å². The molecule has 0 bridgehead atoms. The van der Waals surface area contributed by atoms with Crippen molar-refractivity contribution in [1.29, 1.82) is 0 Å². The molecule has 2 aromatic heterocycles. The van der Waals surface area contributed by atoms with Gasteiger partial charge in [-0.1, -0.05) is 0 Å². The maximum Gasteiger partial charge on any atom is 0.331 e. The number of amides is 1. The van der Waals surface area contributed by atoms with Gasteiger partial charge in [0, 0.05) is 18.6 Å². The van der Waals surface area contributed by atoms with E-state index in [0.717, 1.165) is 0 Å². The minimum Gasteiger partial charge on any atom is -0.479 e. The van der Waals surface area contributed by atoms with Crippen LogP contribution in [0.15, 0.2) is 30.9 Å². The Morgan fingerprint density at radius 1 is 1.40 bits per heavy atom. The lowest BCUT2D eigenvalue weighted by Gasteiger charge is -2.19. The molecule has 2 heterocycles. The molecule has 106 valence electrons. The molecule has 2 aromatic rings. The van der Waals surface area contributed by atoms with Crippen LogP contribution in [0, 0.1) is 0 Å². The monoisotopic (exact) mass is 277 g/mol. The second-order valence-corrected chi connectivity index (χ2v) is 4.79. The van der Waals surface area contributed by atoms with Crippen molar-refractivity contribution in [2.75, 3.05) is 5.32 Å². The van der Waals surface area contributed by atoms with Gasteiger partial charge >= 0.3 is 5.97 Å². The first-order chi connectivity index (χ1) is 9.39. The maximum absolute atomic E-state index is 11.7. The van der Waals surface area contributed by atoms with Crippen molar-refractivity contribution in [2.45, 2.75) is 25.9 Å². The molecule has 0 saturated heterocycles. The zero-order valence-electron chi connectivity index (χ0n) is 11.1. The van der Waals surface area contributed by atoms with Crippen LogP contribution in [-0.4, -0.2) is 36.5 Å². The molecule has 0 fully saturated rings. The molecule has 0 radical (unpaired) electrons. The molecule has 0 atom stereocenters. The van der Waals surface area contributed by atoms with E-state index in [-0.39, 0.29) is 12.5 Å². The lowest BCUT2D eigenvalue weighted by atomic mass is 10.1. The Bertz CT molecular complexity index is 615. The van der Waals surface area contributed by atoms with Crippen LogP contribution >= 0.6 is 0 Å². The Hall–Kier alpha value is -2.64. The van der Waals surface area contributed by atoms with Gasteiger partial charge in [-0.15, -0.1) is 0 Å². The van der Waals surface area contributed by atoms with Crippen LogP contribution in [0.3, 0.4) is 0 Å². The molecule has 2 N–H and O–H groups in total. The normalized spacial score (nSPS) is 11.3. The largest absolute Gasteiger partial charge is 0.479 e. The van der Waals surface area contributed by atoms with Gasteiger partial charge in [0.2, 0.25) is 5.91 Å². The van der Waals surface area contributed by atoms with Crippen molar-refractivity contribution < 1.29 is 14.7 Å². The SMILES string of the molecule is CC(C)(C(=O)O)n1cc(NC(=O)Cn2cccn2)cn1. The predicted molar refractivity (Wildman–Crippen MR) is 70.0 cm³/mol. The van der Waals surface area contributed by atoms with Crippen molar-refractivity contribution in [1.82, 2.24) is 19.6 Å². The fourth-order valence-electron chi connectivity index (χ4n) is 1.53. The summed E-state index contributed by atoms with van der Waals surface area (Å²) in [6.07, 6.45) is 6.15. The number of anilines is 1. The van der Waals surface area contributed by atoms with E-state index >= 15 is 0 Å². The highest BCUT2D eigenvalue weighted by Crippen LogP contribution is 2.17. The van der Waals surface area contributed by atoms with Crippen LogP contribution in [0.2, 0.25) is 0 Å². The third-order valence-electron chi connectivity index (χ3n) is 2.83. The third-order valence-corrected chi connectivity index (χ3v) is 2.83. The lowest BCUT2D eigenvalue weighted by Crippen LogP contribution is -2.35. The van der Waals surface area contributed by atoms with E-state index < -0.39 is 11.5 Å². The van der Waals surface area contributed by atoms with Crippen molar-refractivity contribution in [3.63, 3.8) is 0 Å². The maximum atomic E-state index is 11.7. The summed E-state index contributed by atoms with van der Waals surface area (Å²) in [6.45, 7) is 3.13. The van der Waals surface area contributed by atoms with Crippen molar-refractivity contribution >= 4 is 17.6 Å². The standard InChI is InChI=1S/C12H15N5O3/c1-12(2,11(19)20)17-7-9(6-14-17)15-10(18)8-16-5-3-4-13-16/h3-7H,8H2,1-2H3,(H,15,18)(H,19,20). The first kappa shape index (κ1) is 13.8. The Labute approximate surface area is 115 Å². The van der Waals surface area contributed by atoms with Gasteiger partial charge in [0.25, 0.3) is 0 Å². The number of carboxylic acid groups (broad SMARTS) is 1. The zero-order chi connectivity index (χ0) is 14.8. The highest BCUT2D eigenvalue weighted by atomic mass is 16.4. The van der Waals surface area contributed by atoms with Crippen LogP contribution in [-0.2, 0) is 21.7 Å². The molecule has 0 aliphatic carbocycles. The minimum atomic E-state index is -1.18. The number of rotatable bonds is 5. The number of carbonyl (C=O) groups is 2. The van der Waals surface area contributed by atoms with E-state index in [0.29, 0.717) is 5.69 Å². The second-order valence-electron chi connectivity index (χ2n) is 4.79. The molecule has 8 heteroatoms. The summed E-state index contributed by atoms with van der Waals surface area (Å²) < 4.78 is 2.78. The average molecular weight is 277 g/mol. The van der Waals surface area contributed by atoms with E-state index in [1.807, 2.05) is 0 Å². The van der Waals surface area contributed by atoms with Crippen LogP contribution in [0.5, 0.6) is 0 Å². The van der Waals surface area contributed by atoms with E-state index in [1.165, 1.54) is 35.6 Å². The predicted octanol–water partition coefficient (Wildman–Crippen LogP) is 0.538. The van der Waals surface area contributed by atoms with Crippen LogP contribution in [0.1, 0.15) is 13.8 Å². The van der Waals surface area contributed by atoms with Crippen molar-refractivity contribution in [3.8, 4) is 0 Å². The zero-order valence-corrected chi connectivity index (χ0v) is 11.1. The van der Waals surface area contributed by atoms with Crippen LogP contribution in [0.4, 0.5) is 5.69 Å². The Morgan fingerprint density at radius 2 is 2.15 bits per heavy atom. The van der Waals surface area contributed by atoms with Gasteiger partial charge in [0.05, 0.1) is 11.9 Å². The fourth-order valence-corrected chi connectivity index (χ4v) is 1.53. The molecule has 8 nitrogen and oxygen atoms in total. The number of carbonyl (C=O) groups excluding carboxylic acids is 1. The Balaban J connectivity index is 2.03. The van der Waals surface area contributed by atoms with Crippen molar-refractivity contribution in [3.05, 3.63) is 30.9 Å². The Kier molecular flexibility index (Phi) is 3.55. The molecule has 0 aromatic carbocycles. The number of hydrogen-bond donors (Lipinski definition) is 2. The summed E-state index contributed by atoms with van der Waals surface area (Å²) in [4.78, 5) is 22.9. The lowest BCUT2D eigenvalue weighted by molar-refractivity contribution is -0.146. The quantitative estimate of drug-likeness (QED) is 0.830. The summed E-state index contributed by atoms with van der Waals surface area (Å²) in [5.74, 6) is -1.27. The van der Waals surface area contributed by atoms with Gasteiger partial charge in [0.1, 0.15) is 6.54 Å². The van der Waals surface area contributed by atoms with E-state index in [4.69, 9.17) is 5.11 Å². The van der Waals surface area contributed by atoms with E-state index in [2.05, 4.69) is 15.5 Å². The first-order valence-corrected chi connectivity index (χ1v) is 5.95. The number of carboxylic acids is 1. The van der Waals surface area contributed by atoms with Crippen LogP contribution in [0.25, 0.3) is 0 Å². The number of hydrogen-bond acceptors (Lipinski definition) is 4. The smallest absolute Gasteiger partial charge is 0.331 e. The molecule has 0 aliphatic heterocycles. The molecule has 20 heavy (non-hydrogen) atoms. The molecule has 0 spiro atoms. The number of aromatic nitrogens is 4. The first-order valence-electron chi connectivity index (χ1n) is 5.95. The van der Waals surface area contributed by atoms with Gasteiger partial charge in [-0.2, -0.15) is 10.2 Å². The van der Waals surface area contributed by atoms with Gasteiger partial charge in [-0.25, -0.2) is 4.79 Å². The molecular formula is C12H15N5O3. The summed E-state index contributed by atoms with van der Waals surface area (Å²) in [6, 6.07) is 1.72. The highest BCUT2D eigenvalue weighted by molar-refractivity contribution is 5.90. The second kappa shape index (κ2) is 5.16. The molecule has 2 rings (SSSR count). The average Bonchev–Trinajstić information content (AvgIpc) is 3.00. The van der Waals surface area contributed by atoms with E-state index in [9.17, 15) is 9.59 Å². The highest BCUT2D eigenvalue weighted by Gasteiger charge is 2.30. The third kappa shape index (κ3) is 2.85. The van der Waals surface area contributed by atoms with Crippen molar-refractivity contribution in [2.24, 2.45) is 0 Å². The molecule has 0 saturated carbocycles. The number of aliphatic carboxylic acids is 1. The number of nitrogens with zero attached hydrogens (tertiary/aromatic N) is 4. The summed E-state index contributed by atoms with van der Waals surface area (Å²) >= 11 is 0. The number of nitrogens with one attached hydrogen (secondary N) is 1. The van der Waals surface area contributed by atoms with Gasteiger partial charge in [-0.3, -0.25) is 14.2 Å². The molecular weight excluding hydrogens is 262 g/mol. The fraction of sp³-hybridized carbons (Fsp3) is 0.333. The van der Waals surface area contributed by atoms with Crippen LogP contribution < -0.4 is 5.32 Å². The molecule has 1 amide bonds. The minimum absolute atomic E-state index is 0.0838. The molecule has 0 aliphatic rings. The summed E-state index contributed by atoms with van der Waals surface area (Å²) in [5.41, 5.74) is -0.734. The summed E-state index contributed by atoms with van der Waals surface area (Å²) in [5, 5.41) is 19.6. The van der Waals surface area contributed by atoms with Gasteiger partial charge in [-0.05, 0) is 19.9 Å². The topological polar surface area (TPSA) is 102 Å². The Morgan fingerprint density at radius 3 is 2.75 bits per heavy atom. The van der Waals surface area contributed by atoms with Gasteiger partial charge in [0.15, 0.2) is 5.54 Å². The molecule has 0 unspecified atom stereocenters.